The third kappa shape index (κ3) is 4.27. The number of rotatable bonds is 4. The molecule has 0 fully saturated rings. The number of halogens is 5. The molecule has 1 heterocycles. The summed E-state index contributed by atoms with van der Waals surface area (Å²) in [4.78, 5) is 13.9. The van der Waals surface area contributed by atoms with Gasteiger partial charge >= 0.3 is 12.3 Å². The normalized spacial score (nSPS) is 11.4. The van der Waals surface area contributed by atoms with Crippen LogP contribution in [-0.2, 0) is 17.9 Å². The van der Waals surface area contributed by atoms with E-state index in [-0.39, 0.29) is 14.8 Å². The van der Waals surface area contributed by atoms with Crippen LogP contribution in [0.1, 0.15) is 11.1 Å². The molecule has 0 amide bonds. The maximum absolute atomic E-state index is 12.5. The zero-order valence-electron chi connectivity index (χ0n) is 8.59. The summed E-state index contributed by atoms with van der Waals surface area (Å²) >= 11 is 1.54. The van der Waals surface area contributed by atoms with E-state index in [1.165, 1.54) is 0 Å². The summed E-state index contributed by atoms with van der Waals surface area (Å²) in [6.45, 7) is -0.954. The average Bonchev–Trinajstić information content (AvgIpc) is 2.19. The number of pyridine rings is 1. The van der Waals surface area contributed by atoms with Gasteiger partial charge in [0.05, 0.1) is 6.42 Å². The number of carboxylic acids is 1. The molecule has 0 atom stereocenters. The summed E-state index contributed by atoms with van der Waals surface area (Å²) in [5, 5.41) is 8.56. The molecule has 0 saturated heterocycles. The van der Waals surface area contributed by atoms with Crippen LogP contribution in [0.25, 0.3) is 0 Å². The Morgan fingerprint density at radius 1 is 1.44 bits per heavy atom. The van der Waals surface area contributed by atoms with Crippen LogP contribution < -0.4 is 4.74 Å². The molecule has 0 radical (unpaired) electrons. The van der Waals surface area contributed by atoms with Crippen LogP contribution in [0.15, 0.2) is 6.07 Å². The lowest BCUT2D eigenvalue weighted by Gasteiger charge is -2.13. The molecular weight excluding hydrogens is 373 g/mol. The fraction of sp³-hybridized carbons (Fsp3) is 0.333. The van der Waals surface area contributed by atoms with Gasteiger partial charge in [-0.15, -0.1) is 13.2 Å². The fourth-order valence-electron chi connectivity index (χ4n) is 1.15. The molecule has 0 aliphatic rings. The van der Waals surface area contributed by atoms with Crippen molar-refractivity contribution in [2.75, 3.05) is 0 Å². The Hall–Kier alpha value is -1.13. The number of hydrogen-bond acceptors (Lipinski definition) is 3. The molecule has 0 spiro atoms. The van der Waals surface area contributed by atoms with Crippen molar-refractivity contribution in [1.29, 1.82) is 0 Å². The second-order valence-corrected chi connectivity index (χ2v) is 4.18. The summed E-state index contributed by atoms with van der Waals surface area (Å²) in [5.41, 5.74) is -0.311. The SMILES string of the molecule is O=C(O)Cc1cc(CF)c(I)nc1OC(F)(F)F. The van der Waals surface area contributed by atoms with Crippen LogP contribution in [0.2, 0.25) is 0 Å². The predicted octanol–water partition coefficient (Wildman–Crippen LogP) is 2.68. The van der Waals surface area contributed by atoms with E-state index in [1.54, 1.807) is 22.6 Å². The minimum atomic E-state index is -4.99. The average molecular weight is 379 g/mol. The molecule has 0 aromatic carbocycles. The van der Waals surface area contributed by atoms with E-state index in [0.29, 0.717) is 0 Å². The number of carbonyl (C=O) groups is 1. The van der Waals surface area contributed by atoms with E-state index in [0.717, 1.165) is 6.07 Å². The van der Waals surface area contributed by atoms with Crippen LogP contribution in [0.4, 0.5) is 17.6 Å². The molecule has 1 aromatic rings. The maximum atomic E-state index is 12.5. The van der Waals surface area contributed by atoms with Gasteiger partial charge in [0.15, 0.2) is 0 Å². The number of nitrogens with zero attached hydrogens (tertiary/aromatic N) is 1. The van der Waals surface area contributed by atoms with E-state index in [9.17, 15) is 22.4 Å². The highest BCUT2D eigenvalue weighted by Gasteiger charge is 2.33. The first-order valence-corrected chi connectivity index (χ1v) is 5.52. The number of aliphatic carboxylic acids is 1. The monoisotopic (exact) mass is 379 g/mol. The second kappa shape index (κ2) is 5.67. The fourth-order valence-corrected chi connectivity index (χ4v) is 1.66. The van der Waals surface area contributed by atoms with Crippen LogP contribution in [0.5, 0.6) is 5.88 Å². The Labute approximate surface area is 112 Å². The largest absolute Gasteiger partial charge is 0.574 e. The van der Waals surface area contributed by atoms with E-state index < -0.39 is 31.3 Å². The topological polar surface area (TPSA) is 59.4 Å². The van der Waals surface area contributed by atoms with Crippen LogP contribution >= 0.6 is 22.6 Å². The molecule has 100 valence electrons. The zero-order valence-corrected chi connectivity index (χ0v) is 10.7. The highest BCUT2D eigenvalue weighted by molar-refractivity contribution is 14.1. The summed E-state index contributed by atoms with van der Waals surface area (Å²) < 4.78 is 52.4. The molecule has 4 nitrogen and oxygen atoms in total. The van der Waals surface area contributed by atoms with Crippen LogP contribution in [0.3, 0.4) is 0 Å². The van der Waals surface area contributed by atoms with Crippen molar-refractivity contribution in [3.05, 3.63) is 20.9 Å². The molecule has 0 unspecified atom stereocenters. The zero-order chi connectivity index (χ0) is 13.9. The lowest BCUT2D eigenvalue weighted by molar-refractivity contribution is -0.276. The smallest absolute Gasteiger partial charge is 0.481 e. The van der Waals surface area contributed by atoms with Gasteiger partial charge < -0.3 is 9.84 Å². The number of hydrogen-bond donors (Lipinski definition) is 1. The van der Waals surface area contributed by atoms with Gasteiger partial charge in [-0.1, -0.05) is 0 Å². The van der Waals surface area contributed by atoms with E-state index in [2.05, 4.69) is 9.72 Å². The van der Waals surface area contributed by atoms with Crippen molar-refractivity contribution >= 4 is 28.6 Å². The Morgan fingerprint density at radius 3 is 2.50 bits per heavy atom. The van der Waals surface area contributed by atoms with Gasteiger partial charge in [-0.3, -0.25) is 4.79 Å². The Balaban J connectivity index is 3.20. The molecule has 0 aliphatic carbocycles. The van der Waals surface area contributed by atoms with Gasteiger partial charge in [-0.05, 0) is 28.7 Å². The molecule has 1 rings (SSSR count). The van der Waals surface area contributed by atoms with Crippen LogP contribution in [-0.4, -0.2) is 22.4 Å². The molecule has 0 aliphatic heterocycles. The van der Waals surface area contributed by atoms with Gasteiger partial charge in [0, 0.05) is 11.1 Å². The van der Waals surface area contributed by atoms with Gasteiger partial charge in [0.1, 0.15) is 10.4 Å². The summed E-state index contributed by atoms with van der Waals surface area (Å²) in [6, 6.07) is 1.00. The van der Waals surface area contributed by atoms with Gasteiger partial charge in [0.2, 0.25) is 5.88 Å². The molecule has 1 N–H and O–H groups in total. The molecule has 0 saturated carbocycles. The van der Waals surface area contributed by atoms with Crippen molar-refractivity contribution < 1.29 is 32.2 Å². The predicted molar refractivity (Wildman–Crippen MR) is 59.8 cm³/mol. The second-order valence-electron chi connectivity index (χ2n) is 3.15. The van der Waals surface area contributed by atoms with Crippen molar-refractivity contribution in [1.82, 2.24) is 4.98 Å². The minimum absolute atomic E-state index is 0.0107. The lowest BCUT2D eigenvalue weighted by atomic mass is 10.1. The van der Waals surface area contributed by atoms with Gasteiger partial charge in [0.25, 0.3) is 0 Å². The highest BCUT2D eigenvalue weighted by Crippen LogP contribution is 2.27. The quantitative estimate of drug-likeness (QED) is 0.497. The maximum Gasteiger partial charge on any atom is 0.574 e. The first kappa shape index (κ1) is 14.9. The summed E-state index contributed by atoms with van der Waals surface area (Å²) in [5.74, 6) is -2.23. The van der Waals surface area contributed by atoms with Crippen LogP contribution in [0, 0.1) is 3.70 Å². The number of ether oxygens (including phenoxy) is 1. The van der Waals surface area contributed by atoms with Crippen molar-refractivity contribution in [3.63, 3.8) is 0 Å². The lowest BCUT2D eigenvalue weighted by Crippen LogP contribution is -2.20. The summed E-state index contributed by atoms with van der Waals surface area (Å²) in [7, 11) is 0. The standard InChI is InChI=1S/C9H6F4INO3/c10-3-5-1-4(2-6(16)17)8(15-7(5)14)18-9(11,12)13/h1H,2-3H2,(H,16,17). The first-order chi connectivity index (χ1) is 8.23. The van der Waals surface area contributed by atoms with Crippen molar-refractivity contribution in [2.24, 2.45) is 0 Å². The highest BCUT2D eigenvalue weighted by atomic mass is 127. The van der Waals surface area contributed by atoms with E-state index in [4.69, 9.17) is 5.11 Å². The number of carboxylic acid groups (broad SMARTS) is 1. The van der Waals surface area contributed by atoms with Crippen molar-refractivity contribution in [2.45, 2.75) is 19.5 Å². The third-order valence-electron chi connectivity index (χ3n) is 1.79. The van der Waals surface area contributed by atoms with E-state index in [1.807, 2.05) is 0 Å². The van der Waals surface area contributed by atoms with E-state index >= 15 is 0 Å². The van der Waals surface area contributed by atoms with Gasteiger partial charge in [-0.25, -0.2) is 9.37 Å². The first-order valence-electron chi connectivity index (χ1n) is 4.44. The summed E-state index contributed by atoms with van der Waals surface area (Å²) in [6.07, 6.45) is -5.72. The minimum Gasteiger partial charge on any atom is -0.481 e. The molecular formula is C9H6F4INO3. The molecule has 0 bridgehead atoms. The third-order valence-corrected chi connectivity index (χ3v) is 2.72. The number of aromatic nitrogens is 1. The van der Waals surface area contributed by atoms with Crippen molar-refractivity contribution in [3.8, 4) is 5.88 Å². The molecule has 9 heteroatoms. The Morgan fingerprint density at radius 2 is 2.06 bits per heavy atom. The molecule has 18 heavy (non-hydrogen) atoms. The Bertz CT molecular complexity index is 464. The Kier molecular flexibility index (Phi) is 4.71. The number of alkyl halides is 4. The van der Waals surface area contributed by atoms with Gasteiger partial charge in [-0.2, -0.15) is 0 Å². The molecule has 1 aromatic heterocycles.